The Labute approximate surface area is 91.2 Å². The second kappa shape index (κ2) is 3.36. The second-order valence-corrected chi connectivity index (χ2v) is 4.67. The summed E-state index contributed by atoms with van der Waals surface area (Å²) in [5.41, 5.74) is -0.998. The fourth-order valence-electron chi connectivity index (χ4n) is 1.99. The Hall–Kier alpha value is -0.320. The number of hydrogen-bond donors (Lipinski definition) is 1. The lowest BCUT2D eigenvalue weighted by Gasteiger charge is -2.23. The molecule has 0 aromatic carbocycles. The van der Waals surface area contributed by atoms with Gasteiger partial charge in [0.2, 0.25) is 0 Å². The molecule has 0 saturated carbocycles. The van der Waals surface area contributed by atoms with E-state index in [2.05, 4.69) is 15.9 Å². The summed E-state index contributed by atoms with van der Waals surface area (Å²) in [5.74, 6) is 0.564. The first kappa shape index (κ1) is 10.2. The Bertz CT molecular complexity index is 336. The number of furan rings is 1. The van der Waals surface area contributed by atoms with Crippen molar-refractivity contribution in [1.29, 1.82) is 0 Å². The van der Waals surface area contributed by atoms with E-state index in [-0.39, 0.29) is 12.2 Å². The van der Waals surface area contributed by atoms with Crippen LogP contribution in [0.1, 0.15) is 26.0 Å². The molecule has 1 fully saturated rings. The predicted octanol–water partition coefficient (Wildman–Crippen LogP) is 2.43. The molecule has 1 aromatic heterocycles. The molecule has 1 saturated heterocycles. The highest BCUT2D eigenvalue weighted by atomic mass is 79.9. The molecule has 3 unspecified atom stereocenters. The summed E-state index contributed by atoms with van der Waals surface area (Å²) < 4.78 is 11.6. The summed E-state index contributed by atoms with van der Waals surface area (Å²) in [6.45, 7) is 3.81. The normalized spacial score (nSPS) is 37.7. The highest BCUT2D eigenvalue weighted by Gasteiger charge is 2.47. The molecule has 0 bridgehead atoms. The van der Waals surface area contributed by atoms with Gasteiger partial charge in [0.15, 0.2) is 11.4 Å². The topological polar surface area (TPSA) is 42.6 Å². The highest BCUT2D eigenvalue weighted by molar-refractivity contribution is 9.10. The van der Waals surface area contributed by atoms with Crippen molar-refractivity contribution in [2.75, 3.05) is 0 Å². The van der Waals surface area contributed by atoms with Crippen molar-refractivity contribution in [2.24, 2.45) is 0 Å². The summed E-state index contributed by atoms with van der Waals surface area (Å²) in [6, 6.07) is 1.78. The molecule has 1 aliphatic heterocycles. The van der Waals surface area contributed by atoms with E-state index in [1.807, 2.05) is 13.8 Å². The number of halogens is 1. The van der Waals surface area contributed by atoms with Crippen LogP contribution in [-0.4, -0.2) is 17.3 Å². The Morgan fingerprint density at radius 3 is 2.71 bits per heavy atom. The molecule has 2 rings (SSSR count). The van der Waals surface area contributed by atoms with Gasteiger partial charge in [0, 0.05) is 6.42 Å². The van der Waals surface area contributed by atoms with E-state index in [4.69, 9.17) is 9.15 Å². The van der Waals surface area contributed by atoms with Crippen LogP contribution in [0.4, 0.5) is 0 Å². The molecule has 2 heterocycles. The molecule has 78 valence electrons. The average molecular weight is 261 g/mol. The lowest BCUT2D eigenvalue weighted by atomic mass is 9.92. The standard InChI is InChI=1S/C10H13BrO3/c1-6-5-10(12,7(2)14-6)9-8(11)3-4-13-9/h3-4,6-7,12H,5H2,1-2H3. The molecule has 1 aliphatic rings. The summed E-state index contributed by atoms with van der Waals surface area (Å²) in [5, 5.41) is 10.4. The van der Waals surface area contributed by atoms with Crippen molar-refractivity contribution in [2.45, 2.75) is 38.1 Å². The smallest absolute Gasteiger partial charge is 0.152 e. The molecule has 0 aliphatic carbocycles. The van der Waals surface area contributed by atoms with Crippen molar-refractivity contribution >= 4 is 15.9 Å². The quantitative estimate of drug-likeness (QED) is 0.844. The maximum absolute atomic E-state index is 10.4. The minimum atomic E-state index is -0.998. The van der Waals surface area contributed by atoms with Gasteiger partial charge in [-0.25, -0.2) is 0 Å². The van der Waals surface area contributed by atoms with Gasteiger partial charge in [0.25, 0.3) is 0 Å². The number of rotatable bonds is 1. The summed E-state index contributed by atoms with van der Waals surface area (Å²) >= 11 is 3.35. The number of aliphatic hydroxyl groups is 1. The van der Waals surface area contributed by atoms with Gasteiger partial charge in [-0.15, -0.1) is 0 Å². The van der Waals surface area contributed by atoms with Gasteiger partial charge in [-0.1, -0.05) is 0 Å². The lowest BCUT2D eigenvalue weighted by molar-refractivity contribution is -0.0524. The van der Waals surface area contributed by atoms with E-state index < -0.39 is 5.60 Å². The molecular weight excluding hydrogens is 248 g/mol. The van der Waals surface area contributed by atoms with E-state index in [1.165, 1.54) is 0 Å². The maximum atomic E-state index is 10.4. The first-order valence-corrected chi connectivity index (χ1v) is 5.44. The first-order chi connectivity index (χ1) is 6.54. The van der Waals surface area contributed by atoms with E-state index in [0.29, 0.717) is 12.2 Å². The van der Waals surface area contributed by atoms with Crippen LogP contribution in [0, 0.1) is 0 Å². The SMILES string of the molecule is CC1CC(O)(c2occc2Br)C(C)O1. The zero-order valence-electron chi connectivity index (χ0n) is 8.16. The number of ether oxygens (including phenoxy) is 1. The largest absolute Gasteiger partial charge is 0.465 e. The zero-order chi connectivity index (χ0) is 10.3. The molecule has 0 spiro atoms. The van der Waals surface area contributed by atoms with Crippen LogP contribution in [0.15, 0.2) is 21.2 Å². The van der Waals surface area contributed by atoms with Crippen molar-refractivity contribution in [3.63, 3.8) is 0 Å². The minimum Gasteiger partial charge on any atom is -0.465 e. The predicted molar refractivity (Wildman–Crippen MR) is 54.9 cm³/mol. The fourth-order valence-corrected chi connectivity index (χ4v) is 2.54. The Morgan fingerprint density at radius 2 is 2.29 bits per heavy atom. The van der Waals surface area contributed by atoms with Crippen LogP contribution in [-0.2, 0) is 10.3 Å². The molecule has 3 atom stereocenters. The van der Waals surface area contributed by atoms with Crippen molar-refractivity contribution in [1.82, 2.24) is 0 Å². The van der Waals surface area contributed by atoms with Crippen LogP contribution >= 0.6 is 15.9 Å². The Morgan fingerprint density at radius 1 is 1.57 bits per heavy atom. The molecule has 3 nitrogen and oxygen atoms in total. The van der Waals surface area contributed by atoms with E-state index in [1.54, 1.807) is 12.3 Å². The van der Waals surface area contributed by atoms with Crippen LogP contribution in [0.25, 0.3) is 0 Å². The van der Waals surface area contributed by atoms with Gasteiger partial charge in [-0.2, -0.15) is 0 Å². The molecule has 1 aromatic rings. The van der Waals surface area contributed by atoms with Crippen LogP contribution in [0.2, 0.25) is 0 Å². The van der Waals surface area contributed by atoms with Crippen LogP contribution < -0.4 is 0 Å². The summed E-state index contributed by atoms with van der Waals surface area (Å²) in [7, 11) is 0. The second-order valence-electron chi connectivity index (χ2n) is 3.81. The van der Waals surface area contributed by atoms with Crippen molar-refractivity contribution < 1.29 is 14.3 Å². The van der Waals surface area contributed by atoms with E-state index in [0.717, 1.165) is 4.47 Å². The third-order valence-corrected chi connectivity index (χ3v) is 3.34. The summed E-state index contributed by atoms with van der Waals surface area (Å²) in [6.07, 6.45) is 1.96. The third-order valence-electron chi connectivity index (χ3n) is 2.72. The van der Waals surface area contributed by atoms with E-state index in [9.17, 15) is 5.11 Å². The van der Waals surface area contributed by atoms with Gasteiger partial charge in [0.1, 0.15) is 0 Å². The average Bonchev–Trinajstić information content (AvgIpc) is 2.59. The van der Waals surface area contributed by atoms with Gasteiger partial charge < -0.3 is 14.3 Å². The molecule has 0 amide bonds. The molecular formula is C10H13BrO3. The Kier molecular flexibility index (Phi) is 2.45. The maximum Gasteiger partial charge on any atom is 0.152 e. The highest BCUT2D eigenvalue weighted by Crippen LogP contribution is 2.42. The van der Waals surface area contributed by atoms with Gasteiger partial charge in [0.05, 0.1) is 22.9 Å². The Balaban J connectivity index is 2.37. The van der Waals surface area contributed by atoms with Crippen molar-refractivity contribution in [3.8, 4) is 0 Å². The van der Waals surface area contributed by atoms with Gasteiger partial charge in [-0.05, 0) is 35.8 Å². The fraction of sp³-hybridized carbons (Fsp3) is 0.600. The minimum absolute atomic E-state index is 0.0620. The third kappa shape index (κ3) is 1.42. The van der Waals surface area contributed by atoms with Crippen LogP contribution in [0.3, 0.4) is 0 Å². The van der Waals surface area contributed by atoms with Crippen LogP contribution in [0.5, 0.6) is 0 Å². The zero-order valence-corrected chi connectivity index (χ0v) is 9.74. The molecule has 0 radical (unpaired) electrons. The lowest BCUT2D eigenvalue weighted by Crippen LogP contribution is -2.33. The van der Waals surface area contributed by atoms with Gasteiger partial charge in [-0.3, -0.25) is 0 Å². The van der Waals surface area contributed by atoms with Crippen molar-refractivity contribution in [3.05, 3.63) is 22.6 Å². The molecule has 1 N–H and O–H groups in total. The van der Waals surface area contributed by atoms with E-state index >= 15 is 0 Å². The van der Waals surface area contributed by atoms with Gasteiger partial charge >= 0.3 is 0 Å². The molecule has 4 heteroatoms. The number of hydrogen-bond acceptors (Lipinski definition) is 3. The first-order valence-electron chi connectivity index (χ1n) is 4.65. The monoisotopic (exact) mass is 260 g/mol. The summed E-state index contributed by atoms with van der Waals surface area (Å²) in [4.78, 5) is 0. The molecule has 14 heavy (non-hydrogen) atoms.